The third kappa shape index (κ3) is 6.73. The van der Waals surface area contributed by atoms with Gasteiger partial charge in [0.05, 0.1) is 15.3 Å². The summed E-state index contributed by atoms with van der Waals surface area (Å²) < 4.78 is 27.1. The van der Waals surface area contributed by atoms with Crippen molar-refractivity contribution in [3.63, 3.8) is 0 Å². The molecule has 2 heterocycles. The number of fused-ring (bicyclic) bond motifs is 2. The molecule has 0 saturated carbocycles. The molecule has 2 aromatic carbocycles. The van der Waals surface area contributed by atoms with Crippen LogP contribution in [0.15, 0.2) is 30.3 Å². The quantitative estimate of drug-likeness (QED) is 0.336. The maximum absolute atomic E-state index is 14.6. The Morgan fingerprint density at radius 3 is 2.74 bits per heavy atom. The highest BCUT2D eigenvalue weighted by Gasteiger charge is 2.34. The van der Waals surface area contributed by atoms with Crippen LogP contribution in [0.25, 0.3) is 0 Å². The summed E-state index contributed by atoms with van der Waals surface area (Å²) in [6.07, 6.45) is 4.45. The minimum absolute atomic E-state index is 0.0292. The summed E-state index contributed by atoms with van der Waals surface area (Å²) in [5.74, 6) is 0.222. The van der Waals surface area contributed by atoms with Crippen LogP contribution in [-0.2, 0) is 17.8 Å². The van der Waals surface area contributed by atoms with Crippen LogP contribution >= 0.6 is 34.2 Å². The van der Waals surface area contributed by atoms with Crippen LogP contribution in [0.2, 0.25) is 5.02 Å². The molecule has 35 heavy (non-hydrogen) atoms. The molecule has 2 aliphatic rings. The van der Waals surface area contributed by atoms with Crippen LogP contribution in [-0.4, -0.2) is 42.3 Å². The lowest BCUT2D eigenvalue weighted by molar-refractivity contribution is 0.0231. The lowest BCUT2D eigenvalue weighted by Crippen LogP contribution is -2.45. The molecule has 190 valence electrons. The van der Waals surface area contributed by atoms with Crippen molar-refractivity contribution < 1.29 is 18.7 Å². The fraction of sp³-hybridized carbons (Fsp3) is 0.519. The minimum atomic E-state index is -0.537. The monoisotopic (exact) mass is 614 g/mol. The molecule has 0 aliphatic carbocycles. The SMILES string of the molecule is CC(C)(C)OC(=O)N1CCC[C@H]1CN1CCCCc2cc(Cl)ccc2COc2cc(F)c(I)cc21. The van der Waals surface area contributed by atoms with Gasteiger partial charge in [-0.2, -0.15) is 0 Å². The number of carbonyl (C=O) groups excluding carboxylic acids is 1. The molecule has 0 bridgehead atoms. The van der Waals surface area contributed by atoms with Crippen LogP contribution in [0, 0.1) is 9.39 Å². The number of benzene rings is 2. The number of amides is 1. The van der Waals surface area contributed by atoms with E-state index in [9.17, 15) is 9.18 Å². The van der Waals surface area contributed by atoms with Crippen LogP contribution in [0.5, 0.6) is 5.75 Å². The first-order valence-electron chi connectivity index (χ1n) is 12.2. The number of anilines is 1. The number of hydrogen-bond acceptors (Lipinski definition) is 4. The molecule has 1 atom stereocenters. The Bertz CT molecular complexity index is 1080. The predicted molar refractivity (Wildman–Crippen MR) is 146 cm³/mol. The van der Waals surface area contributed by atoms with Crippen LogP contribution < -0.4 is 9.64 Å². The van der Waals surface area contributed by atoms with Crippen molar-refractivity contribution in [2.24, 2.45) is 0 Å². The molecule has 0 spiro atoms. The van der Waals surface area contributed by atoms with Crippen molar-refractivity contribution in [1.29, 1.82) is 0 Å². The summed E-state index contributed by atoms with van der Waals surface area (Å²) in [6, 6.07) is 9.24. The molecule has 0 N–H and O–H groups in total. The Labute approximate surface area is 226 Å². The van der Waals surface area contributed by atoms with E-state index in [0.717, 1.165) is 49.9 Å². The Balaban J connectivity index is 1.62. The highest BCUT2D eigenvalue weighted by Crippen LogP contribution is 2.35. The number of likely N-dealkylation sites (tertiary alicyclic amines) is 1. The molecule has 2 aromatic rings. The van der Waals surface area contributed by atoms with Gasteiger partial charge in [0.1, 0.15) is 23.8 Å². The number of nitrogens with zero attached hydrogens (tertiary/aromatic N) is 2. The summed E-state index contributed by atoms with van der Waals surface area (Å²) in [7, 11) is 0. The Kier molecular flexibility index (Phi) is 8.36. The number of aryl methyl sites for hydroxylation is 1. The number of hydrogen-bond donors (Lipinski definition) is 0. The minimum Gasteiger partial charge on any atom is -0.487 e. The number of carbonyl (C=O) groups is 1. The summed E-state index contributed by atoms with van der Waals surface area (Å²) in [4.78, 5) is 17.0. The van der Waals surface area contributed by atoms with E-state index in [1.807, 2.05) is 72.5 Å². The van der Waals surface area contributed by atoms with E-state index in [-0.39, 0.29) is 18.0 Å². The average Bonchev–Trinajstić information content (AvgIpc) is 3.23. The van der Waals surface area contributed by atoms with Gasteiger partial charge in [-0.3, -0.25) is 0 Å². The van der Waals surface area contributed by atoms with Crippen LogP contribution in [0.4, 0.5) is 14.9 Å². The number of ether oxygens (including phenoxy) is 2. The van der Waals surface area contributed by atoms with Gasteiger partial charge in [-0.25, -0.2) is 9.18 Å². The van der Waals surface area contributed by atoms with E-state index in [1.54, 1.807) is 0 Å². The molecule has 0 unspecified atom stereocenters. The van der Waals surface area contributed by atoms with E-state index in [1.165, 1.54) is 11.6 Å². The lowest BCUT2D eigenvalue weighted by Gasteiger charge is -2.34. The Morgan fingerprint density at radius 1 is 1.17 bits per heavy atom. The largest absolute Gasteiger partial charge is 0.487 e. The van der Waals surface area contributed by atoms with Gasteiger partial charge in [-0.15, -0.1) is 0 Å². The van der Waals surface area contributed by atoms with E-state index in [4.69, 9.17) is 21.1 Å². The third-order valence-corrected chi connectivity index (χ3v) is 7.52. The normalized spacial score (nSPS) is 18.9. The molecular formula is C27H33ClFIN2O3. The van der Waals surface area contributed by atoms with Gasteiger partial charge < -0.3 is 19.3 Å². The second-order valence-corrected chi connectivity index (χ2v) is 11.9. The average molecular weight is 615 g/mol. The molecule has 1 fully saturated rings. The fourth-order valence-electron chi connectivity index (χ4n) is 4.77. The highest BCUT2D eigenvalue weighted by molar-refractivity contribution is 14.1. The molecule has 1 saturated heterocycles. The standard InChI is InChI=1S/C27H33ClFIN2O3/c1-27(2,3)35-26(33)32-12-6-8-21(32)16-31-11-5-4-7-18-13-20(28)10-9-19(18)17-34-25-14-22(29)23(30)15-24(25)31/h9-10,13-15,21H,4-8,11-12,16-17H2,1-3H3/t21-/m0/s1. The third-order valence-electron chi connectivity index (χ3n) is 6.45. The highest BCUT2D eigenvalue weighted by atomic mass is 127. The maximum atomic E-state index is 14.6. The van der Waals surface area contributed by atoms with Crippen molar-refractivity contribution in [1.82, 2.24) is 4.90 Å². The molecule has 2 aliphatic heterocycles. The molecular weight excluding hydrogens is 582 g/mol. The predicted octanol–water partition coefficient (Wildman–Crippen LogP) is 7.20. The van der Waals surface area contributed by atoms with E-state index < -0.39 is 5.60 Å². The van der Waals surface area contributed by atoms with E-state index >= 15 is 0 Å². The van der Waals surface area contributed by atoms with Gasteiger partial charge in [-0.05, 0) is 105 Å². The Hall–Kier alpha value is -1.74. The van der Waals surface area contributed by atoms with Gasteiger partial charge in [0.25, 0.3) is 0 Å². The van der Waals surface area contributed by atoms with Gasteiger partial charge in [0.15, 0.2) is 0 Å². The zero-order valence-electron chi connectivity index (χ0n) is 20.6. The smallest absolute Gasteiger partial charge is 0.410 e. The van der Waals surface area contributed by atoms with Crippen molar-refractivity contribution in [2.45, 2.75) is 71.1 Å². The second kappa shape index (κ2) is 11.1. The summed E-state index contributed by atoms with van der Waals surface area (Å²) in [6.45, 7) is 8.13. The van der Waals surface area contributed by atoms with Gasteiger partial charge in [0.2, 0.25) is 0 Å². The first-order valence-corrected chi connectivity index (χ1v) is 13.7. The molecule has 1 amide bonds. The van der Waals surface area contributed by atoms with Crippen molar-refractivity contribution in [3.8, 4) is 5.75 Å². The maximum Gasteiger partial charge on any atom is 0.410 e. The molecule has 0 radical (unpaired) electrons. The van der Waals surface area contributed by atoms with Crippen LogP contribution in [0.1, 0.15) is 57.6 Å². The van der Waals surface area contributed by atoms with Crippen molar-refractivity contribution in [2.75, 3.05) is 24.5 Å². The first-order chi connectivity index (χ1) is 16.6. The molecule has 5 nitrogen and oxygen atoms in total. The molecule has 4 rings (SSSR count). The van der Waals surface area contributed by atoms with Crippen LogP contribution in [0.3, 0.4) is 0 Å². The fourth-order valence-corrected chi connectivity index (χ4v) is 5.42. The van der Waals surface area contributed by atoms with Gasteiger partial charge >= 0.3 is 6.09 Å². The van der Waals surface area contributed by atoms with Crippen molar-refractivity contribution in [3.05, 3.63) is 55.9 Å². The topological polar surface area (TPSA) is 42.0 Å². The lowest BCUT2D eigenvalue weighted by atomic mass is 10.0. The zero-order valence-corrected chi connectivity index (χ0v) is 23.5. The summed E-state index contributed by atoms with van der Waals surface area (Å²) >= 11 is 8.28. The number of halogens is 3. The second-order valence-electron chi connectivity index (χ2n) is 10.3. The van der Waals surface area contributed by atoms with E-state index in [0.29, 0.717) is 34.0 Å². The summed E-state index contributed by atoms with van der Waals surface area (Å²) in [5, 5.41) is 0.713. The van der Waals surface area contributed by atoms with Gasteiger partial charge in [-0.1, -0.05) is 17.7 Å². The van der Waals surface area contributed by atoms with Gasteiger partial charge in [0, 0.05) is 30.7 Å². The molecule has 8 heteroatoms. The summed E-state index contributed by atoms with van der Waals surface area (Å²) in [5.41, 5.74) is 2.57. The Morgan fingerprint density at radius 2 is 1.97 bits per heavy atom. The zero-order chi connectivity index (χ0) is 25.2. The van der Waals surface area contributed by atoms with Crippen molar-refractivity contribution >= 4 is 46.0 Å². The molecule has 0 aromatic heterocycles. The number of rotatable bonds is 2. The first kappa shape index (κ1) is 26.3. The van der Waals surface area contributed by atoms with E-state index in [2.05, 4.69) is 4.90 Å².